The van der Waals surface area contributed by atoms with Crippen LogP contribution in [0.4, 0.5) is 22.7 Å². The Kier molecular flexibility index (Phi) is 4.98. The molecule has 0 unspecified atom stereocenters. The van der Waals surface area contributed by atoms with Crippen LogP contribution in [-0.2, 0) is 5.54 Å². The van der Waals surface area contributed by atoms with Crippen LogP contribution < -0.4 is 22.1 Å². The first-order valence-electron chi connectivity index (χ1n) is 11.0. The van der Waals surface area contributed by atoms with Crippen LogP contribution in [0.15, 0.2) is 109 Å². The number of rotatable bonds is 7. The Balaban J connectivity index is 1.73. The van der Waals surface area contributed by atoms with Crippen molar-refractivity contribution in [2.24, 2.45) is 0 Å². The van der Waals surface area contributed by atoms with E-state index in [0.29, 0.717) is 0 Å². The predicted molar refractivity (Wildman–Crippen MR) is 135 cm³/mol. The molecule has 0 heterocycles. The quantitative estimate of drug-likeness (QED) is 0.283. The molecule has 0 saturated heterocycles. The molecule has 0 amide bonds. The van der Waals surface area contributed by atoms with E-state index in [1.54, 1.807) is 0 Å². The van der Waals surface area contributed by atoms with E-state index in [1.165, 1.54) is 0 Å². The molecule has 6 N–H and O–H groups in total. The van der Waals surface area contributed by atoms with E-state index in [2.05, 4.69) is 83.4 Å². The number of anilines is 4. The summed E-state index contributed by atoms with van der Waals surface area (Å²) < 4.78 is 0. The van der Waals surface area contributed by atoms with Crippen LogP contribution in [0.1, 0.15) is 24.0 Å². The zero-order chi connectivity index (χ0) is 22.0. The summed E-state index contributed by atoms with van der Waals surface area (Å²) in [6.45, 7) is 0. The van der Waals surface area contributed by atoms with Gasteiger partial charge in [-0.2, -0.15) is 0 Å². The Morgan fingerprint density at radius 2 is 1.00 bits per heavy atom. The van der Waals surface area contributed by atoms with Crippen LogP contribution in [0.25, 0.3) is 0 Å². The highest BCUT2D eigenvalue weighted by atomic mass is 15.2. The van der Waals surface area contributed by atoms with Gasteiger partial charge in [-0.05, 0) is 72.5 Å². The third-order valence-electron chi connectivity index (χ3n) is 6.42. The summed E-state index contributed by atoms with van der Waals surface area (Å²) in [5.41, 5.74) is 17.4. The van der Waals surface area contributed by atoms with Gasteiger partial charge in [0.2, 0.25) is 0 Å². The van der Waals surface area contributed by atoms with Gasteiger partial charge in [0.25, 0.3) is 0 Å². The summed E-state index contributed by atoms with van der Waals surface area (Å²) in [7, 11) is 0. The number of para-hydroxylation sites is 2. The van der Waals surface area contributed by atoms with Crippen molar-refractivity contribution in [1.82, 2.24) is 0 Å². The number of nitrogens with two attached hydrogens (primary N) is 2. The Hall–Kier alpha value is -3.92. The number of hydrogen-bond acceptors (Lipinski definition) is 4. The summed E-state index contributed by atoms with van der Waals surface area (Å²) >= 11 is 0. The molecule has 0 bridgehead atoms. The van der Waals surface area contributed by atoms with Gasteiger partial charge in [0.15, 0.2) is 0 Å². The second-order valence-electron chi connectivity index (χ2n) is 8.56. The second-order valence-corrected chi connectivity index (χ2v) is 8.56. The first-order valence-corrected chi connectivity index (χ1v) is 11.0. The van der Waals surface area contributed by atoms with Gasteiger partial charge < -0.3 is 22.1 Å². The first kappa shape index (κ1) is 20.0. The number of nitrogens with one attached hydrogen (secondary N) is 2. The van der Waals surface area contributed by atoms with E-state index in [0.717, 1.165) is 46.7 Å². The maximum atomic E-state index is 6.08. The standard InChI is InChI=1S/C28H28N4/c29-23-15-11-21(12-16-23)28(22-13-17-24(30)18-14-22,32-26-9-5-2-6-10-26)27(19-20-27)31-25-7-3-1-4-8-25/h1-18,31-32H,19-20,29-30H2. The lowest BCUT2D eigenvalue weighted by Gasteiger charge is -2.45. The van der Waals surface area contributed by atoms with Crippen molar-refractivity contribution in [3.05, 3.63) is 120 Å². The summed E-state index contributed by atoms with van der Waals surface area (Å²) in [6.07, 6.45) is 2.05. The fourth-order valence-electron chi connectivity index (χ4n) is 4.70. The normalized spacial score (nSPS) is 14.5. The van der Waals surface area contributed by atoms with Crippen LogP contribution in [0, 0.1) is 0 Å². The van der Waals surface area contributed by atoms with Gasteiger partial charge >= 0.3 is 0 Å². The zero-order valence-electron chi connectivity index (χ0n) is 18.0. The molecule has 4 aromatic carbocycles. The number of benzene rings is 4. The summed E-state index contributed by atoms with van der Waals surface area (Å²) in [5.74, 6) is 0. The van der Waals surface area contributed by atoms with E-state index < -0.39 is 5.54 Å². The molecule has 0 aliphatic heterocycles. The maximum Gasteiger partial charge on any atom is 0.111 e. The van der Waals surface area contributed by atoms with Crippen molar-refractivity contribution >= 4 is 22.7 Å². The van der Waals surface area contributed by atoms with Crippen LogP contribution in [-0.4, -0.2) is 5.54 Å². The van der Waals surface area contributed by atoms with E-state index in [9.17, 15) is 0 Å². The van der Waals surface area contributed by atoms with Gasteiger partial charge in [0, 0.05) is 22.7 Å². The highest BCUT2D eigenvalue weighted by Gasteiger charge is 2.61. The van der Waals surface area contributed by atoms with Crippen LogP contribution in [0.5, 0.6) is 0 Å². The highest BCUT2D eigenvalue weighted by molar-refractivity contribution is 5.64. The minimum atomic E-state index is -0.536. The minimum absolute atomic E-state index is 0.226. The maximum absolute atomic E-state index is 6.08. The SMILES string of the molecule is Nc1ccc(C(Nc2ccccc2)(c2ccc(N)cc2)C2(Nc3ccccc3)CC2)cc1. The molecular weight excluding hydrogens is 392 g/mol. The molecule has 160 valence electrons. The number of hydrogen-bond donors (Lipinski definition) is 4. The van der Waals surface area contributed by atoms with Crippen LogP contribution >= 0.6 is 0 Å². The van der Waals surface area contributed by atoms with Crippen molar-refractivity contribution in [3.8, 4) is 0 Å². The molecule has 0 aromatic heterocycles. The molecule has 4 nitrogen and oxygen atoms in total. The van der Waals surface area contributed by atoms with Gasteiger partial charge in [-0.3, -0.25) is 0 Å². The Labute approximate surface area is 189 Å². The third kappa shape index (κ3) is 3.54. The summed E-state index contributed by atoms with van der Waals surface area (Å²) in [4.78, 5) is 0. The van der Waals surface area contributed by atoms with Gasteiger partial charge in [-0.25, -0.2) is 0 Å². The van der Waals surface area contributed by atoms with Gasteiger partial charge in [-0.1, -0.05) is 60.7 Å². The zero-order valence-corrected chi connectivity index (χ0v) is 18.0. The summed E-state index contributed by atoms with van der Waals surface area (Å²) in [5, 5.41) is 7.83. The predicted octanol–water partition coefficient (Wildman–Crippen LogP) is 5.85. The van der Waals surface area contributed by atoms with E-state index >= 15 is 0 Å². The molecule has 1 aliphatic carbocycles. The lowest BCUT2D eigenvalue weighted by Crippen LogP contribution is -2.53. The van der Waals surface area contributed by atoms with Crippen molar-refractivity contribution in [2.75, 3.05) is 22.1 Å². The lowest BCUT2D eigenvalue weighted by atomic mass is 9.74. The van der Waals surface area contributed by atoms with Gasteiger partial charge in [0.05, 0.1) is 5.54 Å². The fraction of sp³-hybridized carbons (Fsp3) is 0.143. The molecule has 0 spiro atoms. The molecule has 4 aromatic rings. The fourth-order valence-corrected chi connectivity index (χ4v) is 4.70. The van der Waals surface area contributed by atoms with Crippen LogP contribution in [0.3, 0.4) is 0 Å². The highest BCUT2D eigenvalue weighted by Crippen LogP contribution is 2.57. The second kappa shape index (κ2) is 7.97. The Morgan fingerprint density at radius 1 is 0.562 bits per heavy atom. The molecule has 5 rings (SSSR count). The average Bonchev–Trinajstić information content (AvgIpc) is 3.61. The van der Waals surface area contributed by atoms with Gasteiger partial charge in [0.1, 0.15) is 5.54 Å². The molecule has 1 fully saturated rings. The van der Waals surface area contributed by atoms with Crippen molar-refractivity contribution in [1.29, 1.82) is 0 Å². The molecule has 0 atom stereocenters. The van der Waals surface area contributed by atoms with Gasteiger partial charge in [-0.15, -0.1) is 0 Å². The van der Waals surface area contributed by atoms with Crippen LogP contribution in [0.2, 0.25) is 0 Å². The minimum Gasteiger partial charge on any atom is -0.399 e. The lowest BCUT2D eigenvalue weighted by molar-refractivity contribution is 0.468. The molecule has 32 heavy (non-hydrogen) atoms. The molecule has 1 aliphatic rings. The van der Waals surface area contributed by atoms with Crippen molar-refractivity contribution in [2.45, 2.75) is 23.9 Å². The molecule has 1 saturated carbocycles. The Morgan fingerprint density at radius 3 is 1.44 bits per heavy atom. The average molecular weight is 421 g/mol. The first-order chi connectivity index (χ1) is 15.6. The monoisotopic (exact) mass is 420 g/mol. The topological polar surface area (TPSA) is 76.1 Å². The largest absolute Gasteiger partial charge is 0.399 e. The Bertz CT molecular complexity index is 1120. The smallest absolute Gasteiger partial charge is 0.111 e. The molecule has 4 heteroatoms. The van der Waals surface area contributed by atoms with E-state index in [-0.39, 0.29) is 5.54 Å². The van der Waals surface area contributed by atoms with Crippen molar-refractivity contribution in [3.63, 3.8) is 0 Å². The van der Waals surface area contributed by atoms with E-state index in [4.69, 9.17) is 11.5 Å². The van der Waals surface area contributed by atoms with E-state index in [1.807, 2.05) is 36.4 Å². The molecule has 0 radical (unpaired) electrons. The van der Waals surface area contributed by atoms with Crippen molar-refractivity contribution < 1.29 is 0 Å². The molecular formula is C28H28N4. The number of nitrogen functional groups attached to an aromatic ring is 2. The third-order valence-corrected chi connectivity index (χ3v) is 6.42. The summed E-state index contributed by atoms with van der Waals surface area (Å²) in [6, 6.07) is 37.3.